The summed E-state index contributed by atoms with van der Waals surface area (Å²) in [6.07, 6.45) is 5.31. The zero-order chi connectivity index (χ0) is 22.4. The van der Waals surface area contributed by atoms with Crippen LogP contribution in [0.4, 0.5) is 0 Å². The maximum atomic E-state index is 12.8. The van der Waals surface area contributed by atoms with Crippen LogP contribution in [-0.4, -0.2) is 30.3 Å². The lowest BCUT2D eigenvalue weighted by atomic mass is 9.53. The van der Waals surface area contributed by atoms with E-state index in [-0.39, 0.29) is 23.4 Å². The van der Waals surface area contributed by atoms with Gasteiger partial charge in [0.1, 0.15) is 12.0 Å². The van der Waals surface area contributed by atoms with Crippen molar-refractivity contribution in [3.05, 3.63) is 40.8 Å². The van der Waals surface area contributed by atoms with Crippen LogP contribution in [0, 0.1) is 17.9 Å². The number of Topliss-reactive ketones (excluding diaryl/α,β-unsaturated/α-hetero) is 1. The van der Waals surface area contributed by atoms with E-state index >= 15 is 0 Å². The zero-order valence-corrected chi connectivity index (χ0v) is 18.3. The summed E-state index contributed by atoms with van der Waals surface area (Å²) in [5, 5.41) is 9.51. The fraction of sp³-hybridized carbons (Fsp3) is 0.591. The molecule has 154 valence electrons. The van der Waals surface area contributed by atoms with E-state index in [2.05, 4.69) is 35.7 Å². The molecule has 0 N–H and O–H groups in total. The number of nitrogens with zero attached hydrogens (tertiary/aromatic N) is 6. The Morgan fingerprint density at radius 2 is 2.03 bits per heavy atom. The van der Waals surface area contributed by atoms with Gasteiger partial charge in [-0.05, 0) is 32.6 Å². The van der Waals surface area contributed by atoms with Crippen LogP contribution >= 0.6 is 0 Å². The average Bonchev–Trinajstić information content (AvgIpc) is 3.31. The van der Waals surface area contributed by atoms with Gasteiger partial charge in [-0.3, -0.25) is 4.68 Å². The molecule has 7 heteroatoms. The largest absolute Gasteiger partial charge is 0.307 e. The van der Waals surface area contributed by atoms with Crippen molar-refractivity contribution < 1.29 is 6.17 Å². The van der Waals surface area contributed by atoms with Crippen LogP contribution in [0.15, 0.2) is 18.1 Å². The summed E-state index contributed by atoms with van der Waals surface area (Å²) in [6, 6.07) is 0.238. The fourth-order valence-electron chi connectivity index (χ4n) is 5.10. The molecule has 0 amide bonds. The molecule has 0 aromatic carbocycles. The highest BCUT2D eigenvalue weighted by Crippen LogP contribution is 2.55. The minimum Gasteiger partial charge on any atom is -0.307 e. The predicted octanol–water partition coefficient (Wildman–Crippen LogP) is 4.13. The molecule has 2 aliphatic carbocycles. The second kappa shape index (κ2) is 6.65. The number of ketones is 1. The third-order valence-corrected chi connectivity index (χ3v) is 6.56. The number of hydrogen-bond donors (Lipinski definition) is 0. The van der Waals surface area contributed by atoms with Crippen molar-refractivity contribution in [1.29, 1.82) is 0 Å². The molecule has 2 atom stereocenters. The van der Waals surface area contributed by atoms with E-state index in [1.807, 2.05) is 36.3 Å². The Kier molecular flexibility index (Phi) is 4.49. The number of rotatable bonds is 2. The van der Waals surface area contributed by atoms with Gasteiger partial charge in [-0.1, -0.05) is 34.2 Å². The Balaban J connectivity index is 0.00000124. The smallest absolute Gasteiger partial charge is 0.226 e. The summed E-state index contributed by atoms with van der Waals surface area (Å²) in [6.45, 7) is 17.7. The van der Waals surface area contributed by atoms with Gasteiger partial charge in [-0.2, -0.15) is 5.10 Å². The Bertz CT molecular complexity index is 1050. The van der Waals surface area contributed by atoms with E-state index in [1.54, 1.807) is 6.33 Å². The van der Waals surface area contributed by atoms with E-state index < -0.39 is 10.8 Å². The minimum absolute atomic E-state index is 0.0538. The highest BCUT2D eigenvalue weighted by molar-refractivity contribution is 6.02. The van der Waals surface area contributed by atoms with Crippen LogP contribution in [0.25, 0.3) is 16.4 Å². The molecule has 4 rings (SSSR count). The molecule has 2 aromatic rings. The summed E-state index contributed by atoms with van der Waals surface area (Å²) in [4.78, 5) is 20.9. The molecule has 2 aromatic heterocycles. The summed E-state index contributed by atoms with van der Waals surface area (Å²) < 4.78 is 9.45. The molecule has 0 radical (unpaired) electrons. The highest BCUT2D eigenvalue weighted by atomic mass is 16.1. The standard InChI is InChI=1S/C21H26N6O.CH4/c1-12(2)27-11-23-19(25-27)16-13-8-9-15-20(3,4)18(28)14(22-6)10-21(15,5)17(13)24-26(16)7;/h10-12,15H,8-9H2,1-5,7H3;1H4/t15-,21-;/m0./s1/i;1T. The molecule has 0 bridgehead atoms. The molecule has 0 spiro atoms. The summed E-state index contributed by atoms with van der Waals surface area (Å²) in [7, 11) is 3.17. The van der Waals surface area contributed by atoms with Gasteiger partial charge >= 0.3 is 0 Å². The number of carbonyl (C=O) groups is 1. The number of hydrogen-bond acceptors (Lipinski definition) is 4. The van der Waals surface area contributed by atoms with Gasteiger partial charge in [0.25, 0.3) is 0 Å². The minimum atomic E-state index is -0.587. The molecule has 0 saturated heterocycles. The molecular formula is C22H30N6O. The topological polar surface area (TPSA) is 70.0 Å². The van der Waals surface area contributed by atoms with Crippen molar-refractivity contribution in [1.82, 2.24) is 24.5 Å². The number of allylic oxidation sites excluding steroid dienone is 2. The third-order valence-electron chi connectivity index (χ3n) is 6.56. The van der Waals surface area contributed by atoms with Gasteiger partial charge in [0.15, 0.2) is 11.6 Å². The third kappa shape index (κ3) is 2.77. The van der Waals surface area contributed by atoms with E-state index in [9.17, 15) is 4.79 Å². The Morgan fingerprint density at radius 3 is 2.62 bits per heavy atom. The number of aryl methyl sites for hydroxylation is 1. The van der Waals surface area contributed by atoms with E-state index in [0.29, 0.717) is 5.82 Å². The lowest BCUT2D eigenvalue weighted by Crippen LogP contribution is -2.50. The van der Waals surface area contributed by atoms with E-state index in [1.165, 1.54) is 7.40 Å². The molecule has 29 heavy (non-hydrogen) atoms. The van der Waals surface area contributed by atoms with Crippen molar-refractivity contribution in [3.8, 4) is 11.5 Å². The van der Waals surface area contributed by atoms with Gasteiger partial charge < -0.3 is 4.79 Å². The van der Waals surface area contributed by atoms with Crippen LogP contribution in [0.5, 0.6) is 0 Å². The fourth-order valence-corrected chi connectivity index (χ4v) is 5.10. The predicted molar refractivity (Wildman–Crippen MR) is 112 cm³/mol. The number of aromatic nitrogens is 5. The molecule has 0 fully saturated rings. The van der Waals surface area contributed by atoms with E-state index in [0.717, 1.165) is 29.8 Å². The maximum absolute atomic E-state index is 12.8. The van der Waals surface area contributed by atoms with Crippen molar-refractivity contribution >= 4 is 5.78 Å². The van der Waals surface area contributed by atoms with E-state index in [4.69, 9.17) is 13.0 Å². The summed E-state index contributed by atoms with van der Waals surface area (Å²) in [5.74, 6) is 0.726. The second-order valence-corrected chi connectivity index (χ2v) is 9.01. The average molecular weight is 397 g/mol. The van der Waals surface area contributed by atoms with Gasteiger partial charge in [-0.25, -0.2) is 14.5 Å². The van der Waals surface area contributed by atoms with Crippen molar-refractivity contribution in [2.75, 3.05) is 0 Å². The van der Waals surface area contributed by atoms with Crippen molar-refractivity contribution in [3.63, 3.8) is 0 Å². The number of carbonyl (C=O) groups excluding carboxylic acids is 1. The zero-order valence-electron chi connectivity index (χ0n) is 19.3. The summed E-state index contributed by atoms with van der Waals surface area (Å²) >= 11 is 0. The van der Waals surface area contributed by atoms with Crippen LogP contribution in [0.1, 0.15) is 67.1 Å². The van der Waals surface area contributed by atoms with Gasteiger partial charge in [-0.15, -0.1) is 5.10 Å². The normalized spacial score (nSPS) is 25.2. The second-order valence-electron chi connectivity index (χ2n) is 9.01. The lowest BCUT2D eigenvalue weighted by molar-refractivity contribution is -0.128. The van der Waals surface area contributed by atoms with Crippen molar-refractivity contribution in [2.45, 2.75) is 66.3 Å². The first kappa shape index (κ1) is 19.6. The maximum Gasteiger partial charge on any atom is 0.226 e. The lowest BCUT2D eigenvalue weighted by Gasteiger charge is -2.49. The monoisotopic (exact) mass is 396 g/mol. The molecule has 0 unspecified atom stereocenters. The quantitative estimate of drug-likeness (QED) is 0.716. The van der Waals surface area contributed by atoms with Crippen LogP contribution in [-0.2, 0) is 23.7 Å². The molecule has 2 aliphatic rings. The van der Waals surface area contributed by atoms with Gasteiger partial charge in [0, 0.05) is 30.9 Å². The van der Waals surface area contributed by atoms with Crippen LogP contribution in [0.2, 0.25) is 0 Å². The number of fused-ring (bicyclic) bond motifs is 3. The highest BCUT2D eigenvalue weighted by Gasteiger charge is 2.55. The Labute approximate surface area is 174 Å². The Morgan fingerprint density at radius 1 is 1.34 bits per heavy atom. The SMILES string of the molecule is [3H]C.[C-]#[N+]C1=C[C@]2(C)c3nn(C)c(-c4ncn(C(C)C)n4)c3CC[C@H]2C(C)(C)C1=O. The van der Waals surface area contributed by atoms with Crippen LogP contribution < -0.4 is 0 Å². The summed E-state index contributed by atoms with van der Waals surface area (Å²) in [5.41, 5.74) is 2.20. The van der Waals surface area contributed by atoms with Crippen molar-refractivity contribution in [2.24, 2.45) is 18.4 Å². The Hall–Kier alpha value is -2.75. The molecule has 0 saturated carbocycles. The molecule has 0 aliphatic heterocycles. The molecule has 2 heterocycles. The first-order valence-corrected chi connectivity index (χ1v) is 9.74. The first-order valence-electron chi connectivity index (χ1n) is 10.7. The van der Waals surface area contributed by atoms with Gasteiger partial charge in [0.2, 0.25) is 5.70 Å². The van der Waals surface area contributed by atoms with Crippen LogP contribution in [0.3, 0.4) is 0 Å². The first-order chi connectivity index (χ1) is 14.1. The molecule has 7 nitrogen and oxygen atoms in total. The molecular weight excluding hydrogens is 364 g/mol. The van der Waals surface area contributed by atoms with Gasteiger partial charge in [0.05, 0.1) is 12.3 Å².